The second kappa shape index (κ2) is 3.57. The Balaban J connectivity index is 2.66. The van der Waals surface area contributed by atoms with Crippen molar-refractivity contribution in [2.45, 2.75) is 19.8 Å². The number of rotatable bonds is 2. The van der Waals surface area contributed by atoms with Gasteiger partial charge in [-0.05, 0) is 28.4 Å². The van der Waals surface area contributed by atoms with Crippen LogP contribution in [0, 0.1) is 0 Å². The van der Waals surface area contributed by atoms with Crippen LogP contribution in [0.4, 0.5) is 5.69 Å². The average Bonchev–Trinajstić information content (AvgIpc) is 2.49. The van der Waals surface area contributed by atoms with E-state index in [2.05, 4.69) is 33.1 Å². The number of halogens is 1. The molecule has 0 amide bonds. The maximum absolute atomic E-state index is 5.81. The van der Waals surface area contributed by atoms with Gasteiger partial charge in [0.2, 0.25) is 0 Å². The Hall–Kier alpha value is -1.10. The van der Waals surface area contributed by atoms with Crippen molar-refractivity contribution in [2.75, 3.05) is 5.73 Å². The molecule has 2 rings (SSSR count). The summed E-state index contributed by atoms with van der Waals surface area (Å²) in [5, 5.41) is 8.14. The third-order valence-electron chi connectivity index (χ3n) is 2.04. The minimum absolute atomic E-state index is 0.647. The fourth-order valence-corrected chi connectivity index (χ4v) is 1.88. The standard InChI is InChI=1S/C9H11BrN4/c1-2-3-8-12-13-9-7(11)4-6(10)5-14(8)9/h4-5H,2-3,11H2,1H3. The summed E-state index contributed by atoms with van der Waals surface area (Å²) in [7, 11) is 0. The molecule has 0 aromatic carbocycles. The Morgan fingerprint density at radius 3 is 3.00 bits per heavy atom. The molecule has 0 atom stereocenters. The maximum Gasteiger partial charge on any atom is 0.184 e. The van der Waals surface area contributed by atoms with E-state index in [9.17, 15) is 0 Å². The van der Waals surface area contributed by atoms with E-state index >= 15 is 0 Å². The molecule has 0 fully saturated rings. The summed E-state index contributed by atoms with van der Waals surface area (Å²) in [6.07, 6.45) is 3.90. The lowest BCUT2D eigenvalue weighted by Gasteiger charge is -2.00. The van der Waals surface area contributed by atoms with E-state index in [0.29, 0.717) is 5.69 Å². The summed E-state index contributed by atoms with van der Waals surface area (Å²) in [6.45, 7) is 2.11. The summed E-state index contributed by atoms with van der Waals surface area (Å²) in [5.74, 6) is 0.954. The highest BCUT2D eigenvalue weighted by molar-refractivity contribution is 9.10. The first-order valence-electron chi connectivity index (χ1n) is 4.51. The second-order valence-electron chi connectivity index (χ2n) is 3.17. The fraction of sp³-hybridized carbons (Fsp3) is 0.333. The van der Waals surface area contributed by atoms with Crippen LogP contribution in [0.15, 0.2) is 16.7 Å². The Morgan fingerprint density at radius 2 is 2.29 bits per heavy atom. The van der Waals surface area contributed by atoms with Crippen LogP contribution in [-0.2, 0) is 6.42 Å². The van der Waals surface area contributed by atoms with E-state index in [1.54, 1.807) is 0 Å². The Labute approximate surface area is 90.3 Å². The lowest BCUT2D eigenvalue weighted by Crippen LogP contribution is -1.96. The SMILES string of the molecule is CCCc1nnc2c(N)cc(Br)cn12. The number of hydrogen-bond donors (Lipinski definition) is 1. The average molecular weight is 255 g/mol. The lowest BCUT2D eigenvalue weighted by molar-refractivity contribution is 0.817. The summed E-state index contributed by atoms with van der Waals surface area (Å²) in [4.78, 5) is 0. The number of pyridine rings is 1. The van der Waals surface area contributed by atoms with Crippen molar-refractivity contribution in [1.82, 2.24) is 14.6 Å². The van der Waals surface area contributed by atoms with Crippen LogP contribution in [-0.4, -0.2) is 14.6 Å². The molecule has 2 aromatic heterocycles. The zero-order chi connectivity index (χ0) is 10.1. The zero-order valence-electron chi connectivity index (χ0n) is 7.87. The van der Waals surface area contributed by atoms with E-state index in [0.717, 1.165) is 28.8 Å². The minimum atomic E-state index is 0.647. The van der Waals surface area contributed by atoms with Gasteiger partial charge < -0.3 is 5.73 Å². The molecule has 74 valence electrons. The fourth-order valence-electron chi connectivity index (χ4n) is 1.42. The van der Waals surface area contributed by atoms with Gasteiger partial charge in [-0.15, -0.1) is 10.2 Å². The quantitative estimate of drug-likeness (QED) is 0.893. The van der Waals surface area contributed by atoms with Crippen molar-refractivity contribution >= 4 is 27.3 Å². The second-order valence-corrected chi connectivity index (χ2v) is 4.09. The van der Waals surface area contributed by atoms with E-state index < -0.39 is 0 Å². The lowest BCUT2D eigenvalue weighted by atomic mass is 10.3. The van der Waals surface area contributed by atoms with Gasteiger partial charge in [-0.3, -0.25) is 4.40 Å². The first-order valence-corrected chi connectivity index (χ1v) is 5.30. The normalized spacial score (nSPS) is 11.0. The predicted molar refractivity (Wildman–Crippen MR) is 59.1 cm³/mol. The van der Waals surface area contributed by atoms with Crippen molar-refractivity contribution in [3.63, 3.8) is 0 Å². The zero-order valence-corrected chi connectivity index (χ0v) is 9.45. The van der Waals surface area contributed by atoms with E-state index in [-0.39, 0.29) is 0 Å². The molecule has 0 saturated carbocycles. The highest BCUT2D eigenvalue weighted by atomic mass is 79.9. The number of hydrogen-bond acceptors (Lipinski definition) is 3. The molecule has 14 heavy (non-hydrogen) atoms. The van der Waals surface area contributed by atoms with Gasteiger partial charge in [-0.2, -0.15) is 0 Å². The third kappa shape index (κ3) is 1.48. The molecular weight excluding hydrogens is 244 g/mol. The number of fused-ring (bicyclic) bond motifs is 1. The van der Waals surface area contributed by atoms with Gasteiger partial charge in [-0.25, -0.2) is 0 Å². The summed E-state index contributed by atoms with van der Waals surface area (Å²) in [6, 6.07) is 1.83. The van der Waals surface area contributed by atoms with Crippen molar-refractivity contribution < 1.29 is 0 Å². The van der Waals surface area contributed by atoms with Crippen LogP contribution in [0.2, 0.25) is 0 Å². The van der Waals surface area contributed by atoms with Crippen LogP contribution in [0.5, 0.6) is 0 Å². The van der Waals surface area contributed by atoms with E-state index in [1.165, 1.54) is 0 Å². The number of aryl methyl sites for hydroxylation is 1. The van der Waals surface area contributed by atoms with Crippen LogP contribution >= 0.6 is 15.9 Å². The summed E-state index contributed by atoms with van der Waals surface area (Å²) in [5.41, 5.74) is 7.19. The first kappa shape index (κ1) is 9.45. The van der Waals surface area contributed by atoms with Crippen molar-refractivity contribution in [2.24, 2.45) is 0 Å². The van der Waals surface area contributed by atoms with Crippen LogP contribution in [0.25, 0.3) is 5.65 Å². The largest absolute Gasteiger partial charge is 0.396 e. The molecule has 4 nitrogen and oxygen atoms in total. The summed E-state index contributed by atoms with van der Waals surface area (Å²) >= 11 is 3.40. The molecule has 0 spiro atoms. The molecule has 0 unspecified atom stereocenters. The van der Waals surface area contributed by atoms with Gasteiger partial charge in [-0.1, -0.05) is 6.92 Å². The van der Waals surface area contributed by atoms with Crippen LogP contribution in [0.1, 0.15) is 19.2 Å². The molecule has 0 aliphatic rings. The molecule has 2 N–H and O–H groups in total. The molecule has 5 heteroatoms. The molecule has 2 heterocycles. The topological polar surface area (TPSA) is 56.2 Å². The Morgan fingerprint density at radius 1 is 1.50 bits per heavy atom. The van der Waals surface area contributed by atoms with Gasteiger partial charge in [0.1, 0.15) is 5.82 Å². The van der Waals surface area contributed by atoms with Gasteiger partial charge in [0.25, 0.3) is 0 Å². The smallest absolute Gasteiger partial charge is 0.184 e. The van der Waals surface area contributed by atoms with Gasteiger partial charge in [0, 0.05) is 17.1 Å². The van der Waals surface area contributed by atoms with Crippen LogP contribution < -0.4 is 5.73 Å². The van der Waals surface area contributed by atoms with E-state index in [1.807, 2.05) is 16.7 Å². The number of nitrogens with zero attached hydrogens (tertiary/aromatic N) is 3. The molecule has 0 aliphatic carbocycles. The van der Waals surface area contributed by atoms with Gasteiger partial charge >= 0.3 is 0 Å². The molecule has 0 bridgehead atoms. The number of aromatic nitrogens is 3. The molecular formula is C9H11BrN4. The first-order chi connectivity index (χ1) is 6.72. The molecule has 0 radical (unpaired) electrons. The van der Waals surface area contributed by atoms with Gasteiger partial charge in [0.05, 0.1) is 5.69 Å². The monoisotopic (exact) mass is 254 g/mol. The third-order valence-corrected chi connectivity index (χ3v) is 2.48. The molecule has 0 aliphatic heterocycles. The Kier molecular flexibility index (Phi) is 2.41. The van der Waals surface area contributed by atoms with Crippen molar-refractivity contribution in [1.29, 1.82) is 0 Å². The van der Waals surface area contributed by atoms with Crippen LogP contribution in [0.3, 0.4) is 0 Å². The highest BCUT2D eigenvalue weighted by Crippen LogP contribution is 2.19. The minimum Gasteiger partial charge on any atom is -0.396 e. The Bertz CT molecular complexity index is 463. The predicted octanol–water partition coefficient (Wildman–Crippen LogP) is 2.03. The molecule has 0 saturated heterocycles. The number of nitrogen functional groups attached to an aromatic ring is 1. The van der Waals surface area contributed by atoms with Gasteiger partial charge in [0.15, 0.2) is 5.65 Å². The number of nitrogens with two attached hydrogens (primary N) is 1. The van der Waals surface area contributed by atoms with E-state index in [4.69, 9.17) is 5.73 Å². The van der Waals surface area contributed by atoms with Crippen molar-refractivity contribution in [3.05, 3.63) is 22.6 Å². The maximum atomic E-state index is 5.81. The van der Waals surface area contributed by atoms with Crippen molar-refractivity contribution in [3.8, 4) is 0 Å². The number of anilines is 1. The summed E-state index contributed by atoms with van der Waals surface area (Å²) < 4.78 is 2.88. The highest BCUT2D eigenvalue weighted by Gasteiger charge is 2.07. The molecule has 2 aromatic rings.